The van der Waals surface area contributed by atoms with E-state index in [0.717, 1.165) is 10.9 Å². The summed E-state index contributed by atoms with van der Waals surface area (Å²) in [6.07, 6.45) is 1.91. The molecule has 3 rings (SSSR count). The third kappa shape index (κ3) is 3.01. The molecule has 116 valence electrons. The Hall–Kier alpha value is -2.88. The average Bonchev–Trinajstić information content (AvgIpc) is 2.61. The molecule has 1 heterocycles. The van der Waals surface area contributed by atoms with E-state index in [1.807, 2.05) is 47.2 Å². The molecule has 4 heteroatoms. The first-order valence-electron chi connectivity index (χ1n) is 7.35. The highest BCUT2D eigenvalue weighted by Gasteiger charge is 2.19. The molecular weight excluding hydrogens is 290 g/mol. The van der Waals surface area contributed by atoms with Crippen molar-refractivity contribution in [3.63, 3.8) is 0 Å². The van der Waals surface area contributed by atoms with E-state index in [1.54, 1.807) is 32.4 Å². The number of ether oxygens (including phenoxy) is 2. The second-order valence-electron chi connectivity index (χ2n) is 5.18. The fourth-order valence-corrected chi connectivity index (χ4v) is 2.63. The summed E-state index contributed by atoms with van der Waals surface area (Å²) in [5.41, 5.74) is 1.57. The molecule has 23 heavy (non-hydrogen) atoms. The molecule has 4 nitrogen and oxygen atoms in total. The molecule has 3 aromatic rings. The van der Waals surface area contributed by atoms with E-state index >= 15 is 0 Å². The number of para-hydroxylation sites is 1. The van der Waals surface area contributed by atoms with E-state index in [0.29, 0.717) is 17.1 Å². The molecule has 0 amide bonds. The number of fused-ring (bicyclic) bond motifs is 1. The zero-order valence-corrected chi connectivity index (χ0v) is 13.2. The summed E-state index contributed by atoms with van der Waals surface area (Å²) >= 11 is 0. The van der Waals surface area contributed by atoms with Crippen LogP contribution in [0.25, 0.3) is 10.9 Å². The number of rotatable bonds is 5. The number of hydrogen-bond acceptors (Lipinski definition) is 3. The van der Waals surface area contributed by atoms with E-state index in [4.69, 9.17) is 9.47 Å². The van der Waals surface area contributed by atoms with Gasteiger partial charge in [0.2, 0.25) is 17.8 Å². The van der Waals surface area contributed by atoms with Gasteiger partial charge in [0.1, 0.15) is 11.5 Å². The summed E-state index contributed by atoms with van der Waals surface area (Å²) in [7, 11) is 3.14. The molecule has 0 spiro atoms. The number of Topliss-reactive ketones (excluding diaryl/α,β-unsaturated/α-hetero) is 1. The van der Waals surface area contributed by atoms with E-state index in [9.17, 15) is 4.79 Å². The van der Waals surface area contributed by atoms with Crippen molar-refractivity contribution in [3.05, 3.63) is 66.4 Å². The fourth-order valence-electron chi connectivity index (χ4n) is 2.63. The standard InChI is InChI=1S/C19H18NO3/c1-22-15-9-10-16(19(12-15)23-2)18(21)13-20-11-5-7-14-6-3-4-8-17(14)20/h3-12H,13H2,1-2H3/q+1. The Morgan fingerprint density at radius 3 is 2.57 bits per heavy atom. The van der Waals surface area contributed by atoms with Gasteiger partial charge in [0.15, 0.2) is 6.20 Å². The van der Waals surface area contributed by atoms with Crippen LogP contribution in [0.5, 0.6) is 11.5 Å². The molecular formula is C19H18NO3+. The van der Waals surface area contributed by atoms with E-state index < -0.39 is 0 Å². The maximum Gasteiger partial charge on any atom is 0.231 e. The zero-order chi connectivity index (χ0) is 16.2. The van der Waals surface area contributed by atoms with Gasteiger partial charge in [-0.25, -0.2) is 0 Å². The molecule has 0 atom stereocenters. The molecule has 1 aromatic heterocycles. The molecule has 0 aliphatic carbocycles. The number of carbonyl (C=O) groups excluding carboxylic acids is 1. The van der Waals surface area contributed by atoms with Crippen LogP contribution in [-0.4, -0.2) is 20.0 Å². The highest BCUT2D eigenvalue weighted by Crippen LogP contribution is 2.25. The molecule has 0 bridgehead atoms. The van der Waals surface area contributed by atoms with Crippen LogP contribution in [0.2, 0.25) is 0 Å². The lowest BCUT2D eigenvalue weighted by atomic mass is 10.1. The van der Waals surface area contributed by atoms with Crippen LogP contribution in [-0.2, 0) is 6.54 Å². The Labute approximate surface area is 134 Å². The second-order valence-corrected chi connectivity index (χ2v) is 5.18. The Morgan fingerprint density at radius 2 is 1.78 bits per heavy atom. The first-order chi connectivity index (χ1) is 11.2. The molecule has 0 saturated carbocycles. The number of aromatic nitrogens is 1. The molecule has 0 N–H and O–H groups in total. The Balaban J connectivity index is 1.95. The maximum atomic E-state index is 12.7. The molecule has 0 aliphatic heterocycles. The molecule has 0 radical (unpaired) electrons. The van der Waals surface area contributed by atoms with E-state index in [2.05, 4.69) is 0 Å². The number of pyridine rings is 1. The van der Waals surface area contributed by atoms with Gasteiger partial charge in [-0.05, 0) is 24.3 Å². The highest BCUT2D eigenvalue weighted by molar-refractivity contribution is 5.98. The largest absolute Gasteiger partial charge is 0.497 e. The van der Waals surface area contributed by atoms with Crippen molar-refractivity contribution in [2.45, 2.75) is 6.54 Å². The maximum absolute atomic E-state index is 12.7. The summed E-state index contributed by atoms with van der Waals surface area (Å²) in [5.74, 6) is 1.18. The summed E-state index contributed by atoms with van der Waals surface area (Å²) in [4.78, 5) is 12.7. The number of hydrogen-bond donors (Lipinski definition) is 0. The normalized spacial score (nSPS) is 10.5. The van der Waals surface area contributed by atoms with Crippen LogP contribution >= 0.6 is 0 Å². The Kier molecular flexibility index (Phi) is 4.24. The quantitative estimate of drug-likeness (QED) is 0.537. The first-order valence-corrected chi connectivity index (χ1v) is 7.35. The average molecular weight is 308 g/mol. The van der Waals surface area contributed by atoms with Crippen molar-refractivity contribution >= 4 is 16.7 Å². The smallest absolute Gasteiger partial charge is 0.231 e. The van der Waals surface area contributed by atoms with Crippen LogP contribution < -0.4 is 14.0 Å². The summed E-state index contributed by atoms with van der Waals surface area (Å²) in [5, 5.41) is 1.10. The minimum Gasteiger partial charge on any atom is -0.497 e. The topological polar surface area (TPSA) is 39.4 Å². The number of benzene rings is 2. The molecule has 0 unspecified atom stereocenters. The van der Waals surface area contributed by atoms with Gasteiger partial charge in [0.25, 0.3) is 0 Å². The van der Waals surface area contributed by atoms with Crippen molar-refractivity contribution in [1.29, 1.82) is 0 Å². The van der Waals surface area contributed by atoms with Gasteiger partial charge < -0.3 is 9.47 Å². The minimum absolute atomic E-state index is 0.00847. The van der Waals surface area contributed by atoms with Gasteiger partial charge in [0, 0.05) is 23.6 Å². The van der Waals surface area contributed by atoms with Crippen LogP contribution in [0.3, 0.4) is 0 Å². The molecule has 0 aliphatic rings. The van der Waals surface area contributed by atoms with Gasteiger partial charge >= 0.3 is 0 Å². The van der Waals surface area contributed by atoms with Crippen LogP contribution in [0, 0.1) is 0 Å². The second kappa shape index (κ2) is 6.48. The van der Waals surface area contributed by atoms with Gasteiger partial charge in [-0.15, -0.1) is 0 Å². The minimum atomic E-state index is -0.00847. The molecule has 0 fully saturated rings. The summed E-state index contributed by atoms with van der Waals surface area (Å²) in [6, 6.07) is 17.2. The SMILES string of the molecule is COc1ccc(C(=O)C[n+]2cccc3ccccc32)c(OC)c1. The fraction of sp³-hybridized carbons (Fsp3) is 0.158. The lowest BCUT2D eigenvalue weighted by molar-refractivity contribution is -0.657. The monoisotopic (exact) mass is 308 g/mol. The predicted octanol–water partition coefficient (Wildman–Crippen LogP) is 3.03. The van der Waals surface area contributed by atoms with Crippen molar-refractivity contribution < 1.29 is 18.8 Å². The van der Waals surface area contributed by atoms with Crippen molar-refractivity contribution in [2.75, 3.05) is 14.2 Å². The number of nitrogens with zero attached hydrogens (tertiary/aromatic N) is 1. The van der Waals surface area contributed by atoms with Crippen LogP contribution in [0.1, 0.15) is 10.4 Å². The third-order valence-electron chi connectivity index (χ3n) is 3.81. The Morgan fingerprint density at radius 1 is 1.00 bits per heavy atom. The summed E-state index contributed by atoms with van der Waals surface area (Å²) < 4.78 is 12.4. The number of ketones is 1. The zero-order valence-electron chi connectivity index (χ0n) is 13.2. The van der Waals surface area contributed by atoms with Crippen LogP contribution in [0.4, 0.5) is 0 Å². The van der Waals surface area contributed by atoms with Crippen LogP contribution in [0.15, 0.2) is 60.8 Å². The Bertz CT molecular complexity index is 853. The first kappa shape index (κ1) is 15.0. The number of carbonyl (C=O) groups is 1. The number of methoxy groups -OCH3 is 2. The highest BCUT2D eigenvalue weighted by atomic mass is 16.5. The van der Waals surface area contributed by atoms with Crippen molar-refractivity contribution in [2.24, 2.45) is 0 Å². The summed E-state index contributed by atoms with van der Waals surface area (Å²) in [6.45, 7) is 0.254. The van der Waals surface area contributed by atoms with E-state index in [-0.39, 0.29) is 12.3 Å². The van der Waals surface area contributed by atoms with Gasteiger partial charge in [-0.3, -0.25) is 4.79 Å². The van der Waals surface area contributed by atoms with Crippen molar-refractivity contribution in [3.8, 4) is 11.5 Å². The van der Waals surface area contributed by atoms with Gasteiger partial charge in [-0.1, -0.05) is 12.1 Å². The lowest BCUT2D eigenvalue weighted by Gasteiger charge is -2.08. The van der Waals surface area contributed by atoms with Gasteiger partial charge in [0.05, 0.1) is 19.8 Å². The third-order valence-corrected chi connectivity index (χ3v) is 3.81. The molecule has 0 saturated heterocycles. The lowest BCUT2D eigenvalue weighted by Crippen LogP contribution is -2.38. The van der Waals surface area contributed by atoms with E-state index in [1.165, 1.54) is 0 Å². The van der Waals surface area contributed by atoms with Crippen molar-refractivity contribution in [1.82, 2.24) is 0 Å². The molecule has 2 aromatic carbocycles. The van der Waals surface area contributed by atoms with Gasteiger partial charge in [-0.2, -0.15) is 4.57 Å². The predicted molar refractivity (Wildman–Crippen MR) is 88.0 cm³/mol.